The smallest absolute Gasteiger partial charge is 0.303 e. The van der Waals surface area contributed by atoms with Crippen molar-refractivity contribution in [3.8, 4) is 5.75 Å². The quantitative estimate of drug-likeness (QED) is 0.745. The van der Waals surface area contributed by atoms with E-state index >= 15 is 0 Å². The van der Waals surface area contributed by atoms with Crippen LogP contribution >= 0.6 is 0 Å². The van der Waals surface area contributed by atoms with Crippen LogP contribution in [0.2, 0.25) is 0 Å². The SMILES string of the molecule is Cc1ccc(F)cc1OCCCCCC(=O)O. The molecule has 3 nitrogen and oxygen atoms in total. The van der Waals surface area contributed by atoms with Crippen LogP contribution in [-0.2, 0) is 4.79 Å². The molecule has 0 fully saturated rings. The molecule has 1 rings (SSSR count). The van der Waals surface area contributed by atoms with Gasteiger partial charge in [0.25, 0.3) is 0 Å². The third-order valence-corrected chi connectivity index (χ3v) is 2.44. The van der Waals surface area contributed by atoms with Gasteiger partial charge in [0.1, 0.15) is 11.6 Å². The number of benzene rings is 1. The average Bonchev–Trinajstić information content (AvgIpc) is 2.27. The Hall–Kier alpha value is -1.58. The van der Waals surface area contributed by atoms with E-state index in [0.29, 0.717) is 18.8 Å². The summed E-state index contributed by atoms with van der Waals surface area (Å²) in [6, 6.07) is 4.44. The lowest BCUT2D eigenvalue weighted by atomic mass is 10.2. The average molecular weight is 240 g/mol. The Bertz CT molecular complexity index is 377. The van der Waals surface area contributed by atoms with E-state index in [1.165, 1.54) is 12.1 Å². The van der Waals surface area contributed by atoms with Crippen LogP contribution in [0.4, 0.5) is 4.39 Å². The number of carboxylic acid groups (broad SMARTS) is 1. The highest BCUT2D eigenvalue weighted by molar-refractivity contribution is 5.66. The molecule has 0 saturated heterocycles. The largest absolute Gasteiger partial charge is 0.493 e. The molecule has 1 aromatic rings. The van der Waals surface area contributed by atoms with Crippen molar-refractivity contribution in [2.45, 2.75) is 32.6 Å². The van der Waals surface area contributed by atoms with Crippen molar-refractivity contribution in [2.24, 2.45) is 0 Å². The number of carboxylic acids is 1. The third kappa shape index (κ3) is 5.33. The first kappa shape index (κ1) is 13.5. The molecule has 1 aromatic carbocycles. The predicted molar refractivity (Wildman–Crippen MR) is 62.7 cm³/mol. The molecule has 94 valence electrons. The molecule has 0 spiro atoms. The Kier molecular flexibility index (Phi) is 5.46. The third-order valence-electron chi connectivity index (χ3n) is 2.44. The fourth-order valence-corrected chi connectivity index (χ4v) is 1.47. The monoisotopic (exact) mass is 240 g/mol. The van der Waals surface area contributed by atoms with Gasteiger partial charge in [0.2, 0.25) is 0 Å². The van der Waals surface area contributed by atoms with Gasteiger partial charge in [0, 0.05) is 12.5 Å². The summed E-state index contributed by atoms with van der Waals surface area (Å²) in [6.07, 6.45) is 2.43. The van der Waals surface area contributed by atoms with Crippen molar-refractivity contribution in [1.82, 2.24) is 0 Å². The van der Waals surface area contributed by atoms with E-state index in [4.69, 9.17) is 9.84 Å². The van der Waals surface area contributed by atoms with E-state index in [2.05, 4.69) is 0 Å². The van der Waals surface area contributed by atoms with Gasteiger partial charge in [0.15, 0.2) is 0 Å². The zero-order valence-electron chi connectivity index (χ0n) is 9.91. The van der Waals surface area contributed by atoms with Crippen molar-refractivity contribution in [2.75, 3.05) is 6.61 Å². The Morgan fingerprint density at radius 1 is 1.35 bits per heavy atom. The Morgan fingerprint density at radius 2 is 2.12 bits per heavy atom. The number of ether oxygens (including phenoxy) is 1. The van der Waals surface area contributed by atoms with Crippen LogP contribution in [0.5, 0.6) is 5.75 Å². The molecule has 17 heavy (non-hydrogen) atoms. The van der Waals surface area contributed by atoms with Gasteiger partial charge in [-0.2, -0.15) is 0 Å². The van der Waals surface area contributed by atoms with Crippen molar-refractivity contribution >= 4 is 5.97 Å². The molecule has 0 radical (unpaired) electrons. The molecule has 4 heteroatoms. The first-order chi connectivity index (χ1) is 8.09. The normalized spacial score (nSPS) is 10.2. The zero-order chi connectivity index (χ0) is 12.7. The highest BCUT2D eigenvalue weighted by Crippen LogP contribution is 2.19. The van der Waals surface area contributed by atoms with Gasteiger partial charge >= 0.3 is 5.97 Å². The second-order valence-electron chi connectivity index (χ2n) is 3.96. The topological polar surface area (TPSA) is 46.5 Å². The molecule has 0 atom stereocenters. The maximum Gasteiger partial charge on any atom is 0.303 e. The highest BCUT2D eigenvalue weighted by Gasteiger charge is 2.01. The number of halogens is 1. The van der Waals surface area contributed by atoms with E-state index < -0.39 is 5.97 Å². The molecular weight excluding hydrogens is 223 g/mol. The second kappa shape index (κ2) is 6.89. The minimum atomic E-state index is -0.771. The first-order valence-electron chi connectivity index (χ1n) is 5.70. The summed E-state index contributed by atoms with van der Waals surface area (Å²) in [5.74, 6) is -0.522. The second-order valence-corrected chi connectivity index (χ2v) is 3.96. The fourth-order valence-electron chi connectivity index (χ4n) is 1.47. The highest BCUT2D eigenvalue weighted by atomic mass is 19.1. The Labute approximate surface area is 100 Å². The van der Waals surface area contributed by atoms with Crippen LogP contribution in [0.15, 0.2) is 18.2 Å². The predicted octanol–water partition coefficient (Wildman–Crippen LogP) is 3.16. The molecule has 0 heterocycles. The van der Waals surface area contributed by atoms with E-state index in [1.54, 1.807) is 6.07 Å². The molecular formula is C13H17FO3. The summed E-state index contributed by atoms with van der Waals surface area (Å²) in [6.45, 7) is 2.35. The van der Waals surface area contributed by atoms with Crippen LogP contribution in [0.25, 0.3) is 0 Å². The molecule has 0 aliphatic carbocycles. The number of carbonyl (C=O) groups is 1. The molecule has 0 aromatic heterocycles. The Morgan fingerprint density at radius 3 is 2.82 bits per heavy atom. The molecule has 0 bridgehead atoms. The summed E-state index contributed by atoms with van der Waals surface area (Å²) in [7, 11) is 0. The molecule has 0 aliphatic heterocycles. The summed E-state index contributed by atoms with van der Waals surface area (Å²) >= 11 is 0. The zero-order valence-corrected chi connectivity index (χ0v) is 9.91. The van der Waals surface area contributed by atoms with Gasteiger partial charge in [0.05, 0.1) is 6.61 Å². The maximum atomic E-state index is 12.9. The lowest BCUT2D eigenvalue weighted by Crippen LogP contribution is -2.00. The standard InChI is InChI=1S/C13H17FO3/c1-10-6-7-11(14)9-12(10)17-8-4-2-3-5-13(15)16/h6-7,9H,2-5,8H2,1H3,(H,15,16). The lowest BCUT2D eigenvalue weighted by Gasteiger charge is -2.08. The van der Waals surface area contributed by atoms with Crippen LogP contribution in [0, 0.1) is 12.7 Å². The van der Waals surface area contributed by atoms with Gasteiger partial charge in [-0.05, 0) is 37.8 Å². The minimum Gasteiger partial charge on any atom is -0.493 e. The molecule has 0 saturated carbocycles. The summed E-state index contributed by atoms with van der Waals surface area (Å²) < 4.78 is 18.4. The number of unbranched alkanes of at least 4 members (excludes halogenated alkanes) is 2. The van der Waals surface area contributed by atoms with Gasteiger partial charge in [-0.25, -0.2) is 4.39 Å². The van der Waals surface area contributed by atoms with Crippen molar-refractivity contribution < 1.29 is 19.0 Å². The van der Waals surface area contributed by atoms with Gasteiger partial charge in [-0.3, -0.25) is 4.79 Å². The molecule has 0 aliphatic rings. The van der Waals surface area contributed by atoms with Crippen molar-refractivity contribution in [1.29, 1.82) is 0 Å². The summed E-state index contributed by atoms with van der Waals surface area (Å²) in [5.41, 5.74) is 0.900. The first-order valence-corrected chi connectivity index (χ1v) is 5.70. The lowest BCUT2D eigenvalue weighted by molar-refractivity contribution is -0.137. The number of hydrogen-bond acceptors (Lipinski definition) is 2. The molecule has 0 unspecified atom stereocenters. The fraction of sp³-hybridized carbons (Fsp3) is 0.462. The van der Waals surface area contributed by atoms with Gasteiger partial charge in [-0.15, -0.1) is 0 Å². The van der Waals surface area contributed by atoms with Crippen molar-refractivity contribution in [3.05, 3.63) is 29.6 Å². The number of aliphatic carboxylic acids is 1. The summed E-state index contributed by atoms with van der Waals surface area (Å²) in [5, 5.41) is 8.44. The van der Waals surface area contributed by atoms with E-state index in [-0.39, 0.29) is 12.2 Å². The van der Waals surface area contributed by atoms with Crippen molar-refractivity contribution in [3.63, 3.8) is 0 Å². The van der Waals surface area contributed by atoms with Gasteiger partial charge < -0.3 is 9.84 Å². The number of rotatable bonds is 7. The number of aryl methyl sites for hydroxylation is 1. The van der Waals surface area contributed by atoms with Gasteiger partial charge in [-0.1, -0.05) is 6.07 Å². The Balaban J connectivity index is 2.22. The van der Waals surface area contributed by atoms with Crippen LogP contribution < -0.4 is 4.74 Å². The molecule has 1 N–H and O–H groups in total. The number of hydrogen-bond donors (Lipinski definition) is 1. The van der Waals surface area contributed by atoms with E-state index in [1.807, 2.05) is 6.92 Å². The van der Waals surface area contributed by atoms with Crippen LogP contribution in [-0.4, -0.2) is 17.7 Å². The maximum absolute atomic E-state index is 12.9. The van der Waals surface area contributed by atoms with Crippen LogP contribution in [0.3, 0.4) is 0 Å². The van der Waals surface area contributed by atoms with E-state index in [9.17, 15) is 9.18 Å². The van der Waals surface area contributed by atoms with Crippen LogP contribution in [0.1, 0.15) is 31.2 Å². The minimum absolute atomic E-state index is 0.193. The molecule has 0 amide bonds. The summed E-state index contributed by atoms with van der Waals surface area (Å²) in [4.78, 5) is 10.3. The van der Waals surface area contributed by atoms with E-state index in [0.717, 1.165) is 18.4 Å².